The van der Waals surface area contributed by atoms with Gasteiger partial charge in [-0.3, -0.25) is 0 Å². The summed E-state index contributed by atoms with van der Waals surface area (Å²) < 4.78 is 5.19. The molecule has 1 aromatic carbocycles. The molecule has 0 radical (unpaired) electrons. The highest BCUT2D eigenvalue weighted by molar-refractivity contribution is 5.76. The van der Waals surface area contributed by atoms with E-state index in [1.165, 1.54) is 6.39 Å². The topological polar surface area (TPSA) is 58.3 Å². The quantitative estimate of drug-likeness (QED) is 0.806. The van der Waals surface area contributed by atoms with Gasteiger partial charge in [-0.05, 0) is 26.0 Å². The Kier molecular flexibility index (Phi) is 2.36. The van der Waals surface area contributed by atoms with Gasteiger partial charge in [0.2, 0.25) is 0 Å². The molecule has 15 heavy (non-hydrogen) atoms. The normalized spacial score (nSPS) is 11.9. The highest BCUT2D eigenvalue weighted by atomic mass is 16.3. The molecule has 2 rings (SSSR count). The molecule has 0 atom stereocenters. The van der Waals surface area contributed by atoms with E-state index in [-0.39, 0.29) is 12.1 Å². The van der Waals surface area contributed by atoms with E-state index in [4.69, 9.17) is 9.52 Å². The summed E-state index contributed by atoms with van der Waals surface area (Å²) in [5.41, 5.74) is 2.16. The highest BCUT2D eigenvalue weighted by Gasteiger charge is 2.15. The fraction of sp³-hybridized carbons (Fsp3) is 0.364. The Morgan fingerprint density at radius 1 is 1.47 bits per heavy atom. The molecule has 1 aromatic heterocycles. The molecule has 0 saturated carbocycles. The van der Waals surface area contributed by atoms with Crippen LogP contribution in [0, 0.1) is 0 Å². The molecule has 0 fully saturated rings. The third kappa shape index (κ3) is 2.10. The average Bonchev–Trinajstić information content (AvgIpc) is 2.64. The lowest BCUT2D eigenvalue weighted by atomic mass is 10.1. The first-order valence-electron chi connectivity index (χ1n) is 4.83. The first-order chi connectivity index (χ1) is 7.11. The second-order valence-electron chi connectivity index (χ2n) is 4.20. The zero-order valence-corrected chi connectivity index (χ0v) is 8.82. The van der Waals surface area contributed by atoms with Gasteiger partial charge in [0.25, 0.3) is 0 Å². The molecule has 0 saturated heterocycles. The van der Waals surface area contributed by atoms with Gasteiger partial charge in [-0.15, -0.1) is 0 Å². The summed E-state index contributed by atoms with van der Waals surface area (Å²) in [7, 11) is 0. The van der Waals surface area contributed by atoms with Crippen molar-refractivity contribution in [3.63, 3.8) is 0 Å². The number of hydrogen-bond acceptors (Lipinski definition) is 4. The zero-order chi connectivity index (χ0) is 10.9. The molecule has 0 amide bonds. The molecule has 80 valence electrons. The van der Waals surface area contributed by atoms with E-state index < -0.39 is 0 Å². The van der Waals surface area contributed by atoms with Gasteiger partial charge in [-0.2, -0.15) is 0 Å². The maximum absolute atomic E-state index is 9.13. The van der Waals surface area contributed by atoms with E-state index in [9.17, 15) is 0 Å². The summed E-state index contributed by atoms with van der Waals surface area (Å²) >= 11 is 0. The number of benzene rings is 1. The van der Waals surface area contributed by atoms with Gasteiger partial charge in [0.1, 0.15) is 5.52 Å². The second kappa shape index (κ2) is 3.55. The zero-order valence-electron chi connectivity index (χ0n) is 8.82. The van der Waals surface area contributed by atoms with Crippen molar-refractivity contribution in [1.82, 2.24) is 4.98 Å². The van der Waals surface area contributed by atoms with Crippen LogP contribution in [-0.4, -0.2) is 22.2 Å². The second-order valence-corrected chi connectivity index (χ2v) is 4.20. The average molecular weight is 206 g/mol. The number of aliphatic hydroxyl groups excluding tert-OH is 1. The Morgan fingerprint density at radius 2 is 2.27 bits per heavy atom. The SMILES string of the molecule is CC(C)(CO)Nc1ccc2ncoc2c1. The van der Waals surface area contributed by atoms with Crippen LogP contribution in [0.2, 0.25) is 0 Å². The maximum Gasteiger partial charge on any atom is 0.181 e. The van der Waals surface area contributed by atoms with E-state index in [0.717, 1.165) is 16.8 Å². The number of anilines is 1. The summed E-state index contributed by atoms with van der Waals surface area (Å²) in [5.74, 6) is 0. The smallest absolute Gasteiger partial charge is 0.181 e. The van der Waals surface area contributed by atoms with Crippen LogP contribution < -0.4 is 5.32 Å². The first kappa shape index (κ1) is 9.98. The van der Waals surface area contributed by atoms with E-state index in [2.05, 4.69) is 10.3 Å². The molecular formula is C11H14N2O2. The van der Waals surface area contributed by atoms with Crippen molar-refractivity contribution in [2.45, 2.75) is 19.4 Å². The molecule has 0 aliphatic carbocycles. The van der Waals surface area contributed by atoms with Crippen LogP contribution in [0.3, 0.4) is 0 Å². The Labute approximate surface area is 87.9 Å². The van der Waals surface area contributed by atoms with Crippen LogP contribution in [0.1, 0.15) is 13.8 Å². The monoisotopic (exact) mass is 206 g/mol. The number of fused-ring (bicyclic) bond motifs is 1. The molecule has 0 bridgehead atoms. The number of hydrogen-bond donors (Lipinski definition) is 2. The molecule has 2 aromatic rings. The summed E-state index contributed by atoms with van der Waals surface area (Å²) in [6.45, 7) is 3.93. The number of aliphatic hydroxyl groups is 1. The third-order valence-corrected chi connectivity index (χ3v) is 2.21. The van der Waals surface area contributed by atoms with Gasteiger partial charge < -0.3 is 14.8 Å². The fourth-order valence-electron chi connectivity index (χ4n) is 1.36. The van der Waals surface area contributed by atoms with Gasteiger partial charge >= 0.3 is 0 Å². The summed E-state index contributed by atoms with van der Waals surface area (Å²) in [4.78, 5) is 4.03. The van der Waals surface area contributed by atoms with E-state index >= 15 is 0 Å². The third-order valence-electron chi connectivity index (χ3n) is 2.21. The van der Waals surface area contributed by atoms with Crippen molar-refractivity contribution in [1.29, 1.82) is 0 Å². The summed E-state index contributed by atoms with van der Waals surface area (Å²) in [6.07, 6.45) is 1.42. The Bertz CT molecular complexity index is 462. The van der Waals surface area contributed by atoms with Crippen LogP contribution in [0.5, 0.6) is 0 Å². The molecule has 0 spiro atoms. The lowest BCUT2D eigenvalue weighted by Crippen LogP contribution is -2.34. The standard InChI is InChI=1S/C11H14N2O2/c1-11(2,6-14)13-8-3-4-9-10(5-8)15-7-12-9/h3-5,7,13-14H,6H2,1-2H3. The number of rotatable bonds is 3. The van der Waals surface area contributed by atoms with Crippen molar-refractivity contribution < 1.29 is 9.52 Å². The number of oxazole rings is 1. The van der Waals surface area contributed by atoms with Gasteiger partial charge in [-0.1, -0.05) is 0 Å². The van der Waals surface area contributed by atoms with Crippen LogP contribution in [0.25, 0.3) is 11.1 Å². The largest absolute Gasteiger partial charge is 0.443 e. The highest BCUT2D eigenvalue weighted by Crippen LogP contribution is 2.20. The number of nitrogens with zero attached hydrogens (tertiary/aromatic N) is 1. The Morgan fingerprint density at radius 3 is 3.00 bits per heavy atom. The van der Waals surface area contributed by atoms with Crippen LogP contribution in [-0.2, 0) is 0 Å². The minimum Gasteiger partial charge on any atom is -0.443 e. The van der Waals surface area contributed by atoms with Gasteiger partial charge in [0.15, 0.2) is 12.0 Å². The van der Waals surface area contributed by atoms with Crippen molar-refractivity contribution in [2.24, 2.45) is 0 Å². The summed E-state index contributed by atoms with van der Waals surface area (Å²) in [6, 6.07) is 5.68. The molecule has 1 heterocycles. The molecule has 2 N–H and O–H groups in total. The first-order valence-corrected chi connectivity index (χ1v) is 4.83. The van der Waals surface area contributed by atoms with Crippen molar-refractivity contribution in [2.75, 3.05) is 11.9 Å². The van der Waals surface area contributed by atoms with Crippen LogP contribution in [0.15, 0.2) is 29.0 Å². The van der Waals surface area contributed by atoms with Crippen molar-refractivity contribution in [3.05, 3.63) is 24.6 Å². The minimum absolute atomic E-state index is 0.0709. The summed E-state index contributed by atoms with van der Waals surface area (Å²) in [5, 5.41) is 12.3. The van der Waals surface area contributed by atoms with Crippen molar-refractivity contribution >= 4 is 16.8 Å². The van der Waals surface area contributed by atoms with Crippen LogP contribution >= 0.6 is 0 Å². The minimum atomic E-state index is -0.340. The van der Waals surface area contributed by atoms with Crippen LogP contribution in [0.4, 0.5) is 5.69 Å². The lowest BCUT2D eigenvalue weighted by Gasteiger charge is -2.24. The number of nitrogens with one attached hydrogen (secondary N) is 1. The predicted molar refractivity (Wildman–Crippen MR) is 58.8 cm³/mol. The number of aromatic nitrogens is 1. The Balaban J connectivity index is 2.28. The predicted octanol–water partition coefficient (Wildman–Crippen LogP) is 2.01. The molecule has 4 nitrogen and oxygen atoms in total. The molecular weight excluding hydrogens is 192 g/mol. The molecule has 0 aliphatic heterocycles. The molecule has 0 unspecified atom stereocenters. The Hall–Kier alpha value is -1.55. The van der Waals surface area contributed by atoms with Gasteiger partial charge in [0.05, 0.1) is 12.1 Å². The molecule has 0 aliphatic rings. The van der Waals surface area contributed by atoms with Gasteiger partial charge in [-0.25, -0.2) is 4.98 Å². The van der Waals surface area contributed by atoms with Crippen molar-refractivity contribution in [3.8, 4) is 0 Å². The fourth-order valence-corrected chi connectivity index (χ4v) is 1.36. The maximum atomic E-state index is 9.13. The van der Waals surface area contributed by atoms with E-state index in [0.29, 0.717) is 0 Å². The van der Waals surface area contributed by atoms with Gasteiger partial charge in [0, 0.05) is 11.8 Å². The van der Waals surface area contributed by atoms with E-state index in [1.54, 1.807) is 0 Å². The molecule has 4 heteroatoms. The van der Waals surface area contributed by atoms with E-state index in [1.807, 2.05) is 32.0 Å². The lowest BCUT2D eigenvalue weighted by molar-refractivity contribution is 0.234.